The number of hydrogen-bond donors (Lipinski definition) is 1. The van der Waals surface area contributed by atoms with Crippen molar-refractivity contribution in [1.82, 2.24) is 0 Å². The fraction of sp³-hybridized carbons (Fsp3) is 0.462. The topological polar surface area (TPSA) is 37.3 Å². The van der Waals surface area contributed by atoms with Gasteiger partial charge in [0.2, 0.25) is 0 Å². The number of aliphatic carboxylic acids is 1. The van der Waals surface area contributed by atoms with E-state index in [-0.39, 0.29) is 6.42 Å². The normalized spacial score (nSPS) is 12.8. The molecule has 1 aromatic rings. The summed E-state index contributed by atoms with van der Waals surface area (Å²) in [6.45, 7) is 6.57. The maximum Gasteiger partial charge on any atom is 0.307 e. The highest BCUT2D eigenvalue weighted by molar-refractivity contribution is 5.70. The fourth-order valence-electron chi connectivity index (χ4n) is 1.50. The van der Waals surface area contributed by atoms with Gasteiger partial charge < -0.3 is 5.11 Å². The smallest absolute Gasteiger partial charge is 0.307 e. The Kier molecular flexibility index (Phi) is 3.89. The largest absolute Gasteiger partial charge is 0.481 e. The Hall–Kier alpha value is -1.31. The molecule has 0 spiro atoms. The van der Waals surface area contributed by atoms with Crippen LogP contribution in [0.15, 0.2) is 24.3 Å². The number of carboxylic acid groups (broad SMARTS) is 1. The minimum absolute atomic E-state index is 0.107. The van der Waals surface area contributed by atoms with Crippen molar-refractivity contribution >= 4 is 5.97 Å². The van der Waals surface area contributed by atoms with Gasteiger partial charge in [-0.25, -0.2) is 0 Å². The van der Waals surface area contributed by atoms with Gasteiger partial charge in [0.25, 0.3) is 0 Å². The number of carbonyl (C=O) groups is 1. The quantitative estimate of drug-likeness (QED) is 0.822. The van der Waals surface area contributed by atoms with Gasteiger partial charge in [0.05, 0.1) is 6.42 Å². The molecule has 2 nitrogen and oxygen atoms in total. The first kappa shape index (κ1) is 11.8. The van der Waals surface area contributed by atoms with Crippen LogP contribution in [0.2, 0.25) is 0 Å². The van der Waals surface area contributed by atoms with E-state index in [1.54, 1.807) is 0 Å². The first-order valence-electron chi connectivity index (χ1n) is 5.31. The molecule has 0 unspecified atom stereocenters. The Balaban J connectivity index is 2.76. The molecule has 0 aliphatic carbocycles. The predicted molar refractivity (Wildman–Crippen MR) is 61.0 cm³/mol. The predicted octanol–water partition coefficient (Wildman–Crippen LogP) is 3.07. The first-order chi connectivity index (χ1) is 7.00. The molecular weight excluding hydrogens is 188 g/mol. The lowest BCUT2D eigenvalue weighted by Gasteiger charge is -2.15. The molecule has 0 aliphatic heterocycles. The highest BCUT2D eigenvalue weighted by Gasteiger charge is 2.09. The second-order valence-electron chi connectivity index (χ2n) is 4.34. The van der Waals surface area contributed by atoms with E-state index in [1.807, 2.05) is 24.3 Å². The molecule has 1 atom stereocenters. The van der Waals surface area contributed by atoms with Gasteiger partial charge in [-0.2, -0.15) is 0 Å². The van der Waals surface area contributed by atoms with Crippen molar-refractivity contribution in [3.05, 3.63) is 35.4 Å². The summed E-state index contributed by atoms with van der Waals surface area (Å²) in [6.07, 6.45) is 0.107. The second-order valence-corrected chi connectivity index (χ2v) is 4.34. The Morgan fingerprint density at radius 3 is 2.13 bits per heavy atom. The Labute approximate surface area is 90.9 Å². The molecule has 82 valence electrons. The van der Waals surface area contributed by atoms with E-state index in [2.05, 4.69) is 20.8 Å². The van der Waals surface area contributed by atoms with Gasteiger partial charge in [-0.05, 0) is 23.0 Å². The van der Waals surface area contributed by atoms with Crippen LogP contribution < -0.4 is 0 Å². The highest BCUT2D eigenvalue weighted by atomic mass is 16.4. The van der Waals surface area contributed by atoms with E-state index in [1.165, 1.54) is 5.56 Å². The van der Waals surface area contributed by atoms with Gasteiger partial charge in [-0.3, -0.25) is 4.79 Å². The maximum absolute atomic E-state index is 10.5. The minimum Gasteiger partial charge on any atom is -0.481 e. The zero-order valence-corrected chi connectivity index (χ0v) is 9.53. The maximum atomic E-state index is 10.5. The van der Waals surface area contributed by atoms with Crippen molar-refractivity contribution in [3.63, 3.8) is 0 Å². The van der Waals surface area contributed by atoms with E-state index >= 15 is 0 Å². The summed E-state index contributed by atoms with van der Waals surface area (Å²) < 4.78 is 0. The van der Waals surface area contributed by atoms with Crippen LogP contribution in [0.1, 0.15) is 37.8 Å². The number of carboxylic acids is 1. The van der Waals surface area contributed by atoms with Crippen LogP contribution in [0.4, 0.5) is 0 Å². The standard InChI is InChI=1S/C13H18O2/c1-9(2)10(3)12-6-4-11(5-7-12)8-13(14)15/h4-7,9-10H,8H2,1-3H3,(H,14,15)/t10-/m1/s1. The molecular formula is C13H18O2. The molecule has 0 amide bonds. The summed E-state index contributed by atoms with van der Waals surface area (Å²) in [5.41, 5.74) is 2.14. The van der Waals surface area contributed by atoms with Crippen LogP contribution >= 0.6 is 0 Å². The molecule has 0 saturated carbocycles. The van der Waals surface area contributed by atoms with Crippen molar-refractivity contribution in [2.75, 3.05) is 0 Å². The summed E-state index contributed by atoms with van der Waals surface area (Å²) >= 11 is 0. The lowest BCUT2D eigenvalue weighted by atomic mass is 9.90. The first-order valence-corrected chi connectivity index (χ1v) is 5.31. The van der Waals surface area contributed by atoms with Crippen molar-refractivity contribution in [1.29, 1.82) is 0 Å². The molecule has 2 heteroatoms. The van der Waals surface area contributed by atoms with Gasteiger partial charge in [-0.15, -0.1) is 0 Å². The number of hydrogen-bond acceptors (Lipinski definition) is 1. The summed E-state index contributed by atoms with van der Waals surface area (Å²) in [7, 11) is 0. The van der Waals surface area contributed by atoms with Gasteiger partial charge in [0, 0.05) is 0 Å². The van der Waals surface area contributed by atoms with E-state index in [0.29, 0.717) is 11.8 Å². The van der Waals surface area contributed by atoms with Crippen LogP contribution in [0.5, 0.6) is 0 Å². The average Bonchev–Trinajstić information content (AvgIpc) is 2.17. The number of benzene rings is 1. The van der Waals surface area contributed by atoms with Crippen LogP contribution in [0.25, 0.3) is 0 Å². The van der Waals surface area contributed by atoms with Crippen LogP contribution in [-0.4, -0.2) is 11.1 Å². The Morgan fingerprint density at radius 2 is 1.73 bits per heavy atom. The summed E-state index contributed by atoms with van der Waals surface area (Å²) in [6, 6.07) is 7.87. The van der Waals surface area contributed by atoms with Crippen molar-refractivity contribution < 1.29 is 9.90 Å². The average molecular weight is 206 g/mol. The van der Waals surface area contributed by atoms with E-state index < -0.39 is 5.97 Å². The summed E-state index contributed by atoms with van der Waals surface area (Å²) in [5.74, 6) is 0.346. The molecule has 1 aromatic carbocycles. The molecule has 0 fully saturated rings. The molecule has 0 aliphatic rings. The van der Waals surface area contributed by atoms with E-state index in [4.69, 9.17) is 5.11 Å². The fourth-order valence-corrected chi connectivity index (χ4v) is 1.50. The zero-order valence-electron chi connectivity index (χ0n) is 9.53. The molecule has 0 heterocycles. The minimum atomic E-state index is -0.778. The summed E-state index contributed by atoms with van der Waals surface area (Å²) in [5, 5.41) is 8.63. The molecule has 15 heavy (non-hydrogen) atoms. The van der Waals surface area contributed by atoms with Crippen molar-refractivity contribution in [2.24, 2.45) is 5.92 Å². The van der Waals surface area contributed by atoms with Crippen molar-refractivity contribution in [3.8, 4) is 0 Å². The van der Waals surface area contributed by atoms with Crippen LogP contribution in [0.3, 0.4) is 0 Å². The van der Waals surface area contributed by atoms with E-state index in [9.17, 15) is 4.79 Å². The third-order valence-corrected chi connectivity index (χ3v) is 2.86. The second kappa shape index (κ2) is 4.96. The lowest BCUT2D eigenvalue weighted by molar-refractivity contribution is -0.136. The monoisotopic (exact) mass is 206 g/mol. The molecule has 1 rings (SSSR count). The van der Waals surface area contributed by atoms with Crippen LogP contribution in [-0.2, 0) is 11.2 Å². The molecule has 0 radical (unpaired) electrons. The highest BCUT2D eigenvalue weighted by Crippen LogP contribution is 2.23. The lowest BCUT2D eigenvalue weighted by Crippen LogP contribution is -2.03. The van der Waals surface area contributed by atoms with Gasteiger partial charge in [0.15, 0.2) is 0 Å². The SMILES string of the molecule is CC(C)[C@@H](C)c1ccc(CC(=O)O)cc1. The van der Waals surface area contributed by atoms with Crippen LogP contribution in [0, 0.1) is 5.92 Å². The molecule has 1 N–H and O–H groups in total. The third-order valence-electron chi connectivity index (χ3n) is 2.86. The third kappa shape index (κ3) is 3.39. The van der Waals surface area contributed by atoms with Gasteiger partial charge in [-0.1, -0.05) is 45.0 Å². The van der Waals surface area contributed by atoms with Crippen molar-refractivity contribution in [2.45, 2.75) is 33.1 Å². The molecule has 0 aromatic heterocycles. The van der Waals surface area contributed by atoms with Gasteiger partial charge >= 0.3 is 5.97 Å². The van der Waals surface area contributed by atoms with E-state index in [0.717, 1.165) is 5.56 Å². The zero-order chi connectivity index (χ0) is 11.4. The molecule has 0 bridgehead atoms. The molecule has 0 saturated heterocycles. The van der Waals surface area contributed by atoms with Gasteiger partial charge in [0.1, 0.15) is 0 Å². The number of rotatable bonds is 4. The Bertz CT molecular complexity index is 325. The summed E-state index contributed by atoms with van der Waals surface area (Å²) in [4.78, 5) is 10.5. The Morgan fingerprint density at radius 1 is 1.20 bits per heavy atom.